The minimum absolute atomic E-state index is 0.0174. The highest BCUT2D eigenvalue weighted by atomic mass is 16.1. The molecule has 0 radical (unpaired) electrons. The molecule has 0 saturated carbocycles. The van der Waals surface area contributed by atoms with Crippen LogP contribution in [0.25, 0.3) is 0 Å². The monoisotopic (exact) mass is 166 g/mol. The molecular weight excluding hydrogens is 152 g/mol. The van der Waals surface area contributed by atoms with Crippen LogP contribution in [0.4, 0.5) is 0 Å². The summed E-state index contributed by atoms with van der Waals surface area (Å²) < 4.78 is 2.00. The molecule has 0 saturated heterocycles. The largest absolute Gasteiger partial charge is 0.355 e. The zero-order chi connectivity index (χ0) is 9.30. The molecule has 1 heterocycles. The van der Waals surface area contributed by atoms with Gasteiger partial charge in [-0.25, -0.2) is 0 Å². The van der Waals surface area contributed by atoms with Crippen molar-refractivity contribution in [3.63, 3.8) is 0 Å². The lowest BCUT2D eigenvalue weighted by atomic mass is 10.2. The van der Waals surface area contributed by atoms with Gasteiger partial charge in [-0.1, -0.05) is 0 Å². The molecule has 0 aliphatic heterocycles. The highest BCUT2D eigenvalue weighted by Crippen LogP contribution is 2.12. The molecule has 12 heavy (non-hydrogen) atoms. The van der Waals surface area contributed by atoms with E-state index in [1.807, 2.05) is 31.5 Å². The minimum atomic E-state index is -0.0174. The maximum absolute atomic E-state index is 11.3. The molecule has 1 aromatic heterocycles. The molecule has 0 aliphatic carbocycles. The fourth-order valence-electron chi connectivity index (χ4n) is 1.22. The van der Waals surface area contributed by atoms with Crippen molar-refractivity contribution in [3.8, 4) is 0 Å². The molecule has 0 aromatic carbocycles. The SMILES string of the molecule is CNC(=O)c1cc(C)n(C)c1C. The van der Waals surface area contributed by atoms with E-state index >= 15 is 0 Å². The van der Waals surface area contributed by atoms with E-state index in [4.69, 9.17) is 0 Å². The zero-order valence-corrected chi connectivity index (χ0v) is 7.93. The summed E-state index contributed by atoms with van der Waals surface area (Å²) in [7, 11) is 3.60. The molecule has 66 valence electrons. The van der Waals surface area contributed by atoms with Gasteiger partial charge in [0.15, 0.2) is 0 Å². The standard InChI is InChI=1S/C9H14N2O/c1-6-5-8(9(12)10-3)7(2)11(6)4/h5H,1-4H3,(H,10,12). The van der Waals surface area contributed by atoms with Gasteiger partial charge in [0.25, 0.3) is 5.91 Å². The number of nitrogens with one attached hydrogen (secondary N) is 1. The summed E-state index contributed by atoms with van der Waals surface area (Å²) in [4.78, 5) is 11.3. The van der Waals surface area contributed by atoms with Gasteiger partial charge >= 0.3 is 0 Å². The number of carbonyl (C=O) groups is 1. The number of hydrogen-bond donors (Lipinski definition) is 1. The van der Waals surface area contributed by atoms with Crippen LogP contribution in [0.3, 0.4) is 0 Å². The van der Waals surface area contributed by atoms with Crippen molar-refractivity contribution >= 4 is 5.91 Å². The summed E-state index contributed by atoms with van der Waals surface area (Å²) in [6.45, 7) is 3.93. The third kappa shape index (κ3) is 1.22. The normalized spacial score (nSPS) is 10.0. The predicted octanol–water partition coefficient (Wildman–Crippen LogP) is 1.00. The van der Waals surface area contributed by atoms with Crippen LogP contribution in [0.1, 0.15) is 21.7 Å². The van der Waals surface area contributed by atoms with Crippen LogP contribution in [0, 0.1) is 13.8 Å². The van der Waals surface area contributed by atoms with Gasteiger partial charge in [0.05, 0.1) is 5.56 Å². The first-order valence-corrected chi connectivity index (χ1v) is 3.93. The second kappa shape index (κ2) is 3.01. The summed E-state index contributed by atoms with van der Waals surface area (Å²) in [5.41, 5.74) is 2.87. The second-order valence-electron chi connectivity index (χ2n) is 2.92. The Labute approximate surface area is 72.4 Å². The smallest absolute Gasteiger partial charge is 0.252 e. The number of aromatic nitrogens is 1. The Bertz CT molecular complexity index is 313. The lowest BCUT2D eigenvalue weighted by Crippen LogP contribution is -2.18. The van der Waals surface area contributed by atoms with E-state index in [2.05, 4.69) is 5.32 Å². The summed E-state index contributed by atoms with van der Waals surface area (Å²) in [6.07, 6.45) is 0. The Kier molecular flexibility index (Phi) is 2.22. The lowest BCUT2D eigenvalue weighted by Gasteiger charge is -2.00. The molecule has 1 amide bonds. The first-order chi connectivity index (χ1) is 5.57. The van der Waals surface area contributed by atoms with Gasteiger partial charge in [-0.2, -0.15) is 0 Å². The molecule has 0 bridgehead atoms. The Morgan fingerprint density at radius 1 is 1.50 bits per heavy atom. The maximum atomic E-state index is 11.3. The molecule has 0 unspecified atom stereocenters. The van der Waals surface area contributed by atoms with Crippen LogP contribution in [0.15, 0.2) is 6.07 Å². The van der Waals surface area contributed by atoms with Gasteiger partial charge in [-0.15, -0.1) is 0 Å². The van der Waals surface area contributed by atoms with Crippen molar-refractivity contribution in [3.05, 3.63) is 23.0 Å². The number of amides is 1. The second-order valence-corrected chi connectivity index (χ2v) is 2.92. The summed E-state index contributed by atoms with van der Waals surface area (Å²) >= 11 is 0. The van der Waals surface area contributed by atoms with Gasteiger partial charge in [0.2, 0.25) is 0 Å². The molecule has 0 aliphatic rings. The molecule has 1 aromatic rings. The van der Waals surface area contributed by atoms with Gasteiger partial charge in [-0.3, -0.25) is 4.79 Å². The van der Waals surface area contributed by atoms with E-state index in [0.29, 0.717) is 0 Å². The average molecular weight is 166 g/mol. The van der Waals surface area contributed by atoms with Crippen molar-refractivity contribution in [1.29, 1.82) is 0 Å². The van der Waals surface area contributed by atoms with Crippen LogP contribution in [-0.4, -0.2) is 17.5 Å². The Morgan fingerprint density at radius 3 is 2.42 bits per heavy atom. The van der Waals surface area contributed by atoms with E-state index in [9.17, 15) is 4.79 Å². The summed E-state index contributed by atoms with van der Waals surface area (Å²) in [5, 5.41) is 2.61. The number of rotatable bonds is 1. The van der Waals surface area contributed by atoms with Gasteiger partial charge < -0.3 is 9.88 Å². The molecule has 0 fully saturated rings. The van der Waals surface area contributed by atoms with Crippen molar-refractivity contribution < 1.29 is 4.79 Å². The lowest BCUT2D eigenvalue weighted by molar-refractivity contribution is 0.0962. The topological polar surface area (TPSA) is 34.0 Å². The van der Waals surface area contributed by atoms with E-state index in [1.165, 1.54) is 0 Å². The molecule has 1 N–H and O–H groups in total. The molecule has 3 heteroatoms. The van der Waals surface area contributed by atoms with Crippen LogP contribution < -0.4 is 5.32 Å². The first kappa shape index (κ1) is 8.84. The van der Waals surface area contributed by atoms with Crippen LogP contribution >= 0.6 is 0 Å². The Morgan fingerprint density at radius 2 is 2.08 bits per heavy atom. The van der Waals surface area contributed by atoms with E-state index in [0.717, 1.165) is 17.0 Å². The van der Waals surface area contributed by atoms with Crippen molar-refractivity contribution in [2.24, 2.45) is 7.05 Å². The number of hydrogen-bond acceptors (Lipinski definition) is 1. The minimum Gasteiger partial charge on any atom is -0.355 e. The highest BCUT2D eigenvalue weighted by Gasteiger charge is 2.11. The average Bonchev–Trinajstić information content (AvgIpc) is 2.32. The fraction of sp³-hybridized carbons (Fsp3) is 0.444. The fourth-order valence-corrected chi connectivity index (χ4v) is 1.22. The quantitative estimate of drug-likeness (QED) is 0.663. The zero-order valence-electron chi connectivity index (χ0n) is 7.93. The van der Waals surface area contributed by atoms with E-state index in [-0.39, 0.29) is 5.91 Å². The van der Waals surface area contributed by atoms with Crippen LogP contribution in [-0.2, 0) is 7.05 Å². The number of aryl methyl sites for hydroxylation is 1. The van der Waals surface area contributed by atoms with Crippen molar-refractivity contribution in [2.75, 3.05) is 7.05 Å². The Hall–Kier alpha value is -1.25. The third-order valence-corrected chi connectivity index (χ3v) is 2.25. The molecule has 0 spiro atoms. The molecular formula is C9H14N2O. The van der Waals surface area contributed by atoms with Crippen LogP contribution in [0.5, 0.6) is 0 Å². The van der Waals surface area contributed by atoms with Gasteiger partial charge in [0.1, 0.15) is 0 Å². The van der Waals surface area contributed by atoms with Gasteiger partial charge in [0, 0.05) is 25.5 Å². The van der Waals surface area contributed by atoms with Gasteiger partial charge in [-0.05, 0) is 19.9 Å². The first-order valence-electron chi connectivity index (χ1n) is 3.93. The Balaban J connectivity index is 3.17. The summed E-state index contributed by atoms with van der Waals surface area (Å²) in [6, 6.07) is 1.90. The summed E-state index contributed by atoms with van der Waals surface area (Å²) in [5.74, 6) is -0.0174. The predicted molar refractivity (Wildman–Crippen MR) is 48.3 cm³/mol. The number of nitrogens with zero attached hydrogens (tertiary/aromatic N) is 1. The molecule has 1 rings (SSSR count). The molecule has 3 nitrogen and oxygen atoms in total. The molecule has 0 atom stereocenters. The maximum Gasteiger partial charge on any atom is 0.252 e. The highest BCUT2D eigenvalue weighted by molar-refractivity contribution is 5.95. The van der Waals surface area contributed by atoms with E-state index in [1.54, 1.807) is 7.05 Å². The third-order valence-electron chi connectivity index (χ3n) is 2.25. The number of carbonyl (C=O) groups excluding carboxylic acids is 1. The van der Waals surface area contributed by atoms with Crippen molar-refractivity contribution in [1.82, 2.24) is 9.88 Å². The van der Waals surface area contributed by atoms with Crippen LogP contribution in [0.2, 0.25) is 0 Å². The van der Waals surface area contributed by atoms with Crippen molar-refractivity contribution in [2.45, 2.75) is 13.8 Å². The van der Waals surface area contributed by atoms with E-state index < -0.39 is 0 Å².